The fourth-order valence-electron chi connectivity index (χ4n) is 2.41. The Morgan fingerprint density at radius 1 is 1.24 bits per heavy atom. The summed E-state index contributed by atoms with van der Waals surface area (Å²) >= 11 is 0. The third-order valence-electron chi connectivity index (χ3n) is 3.67. The summed E-state index contributed by atoms with van der Waals surface area (Å²) in [6, 6.07) is 0.613. The summed E-state index contributed by atoms with van der Waals surface area (Å²) in [5.41, 5.74) is 0.136. The molecule has 1 aliphatic rings. The second-order valence-electron chi connectivity index (χ2n) is 6.16. The largest absolute Gasteiger partial charge is 0.463 e. The highest BCUT2D eigenvalue weighted by atomic mass is 16.5. The molecular formula is C14H27NO2. The number of carbonyl (C=O) groups is 1. The van der Waals surface area contributed by atoms with E-state index in [2.05, 4.69) is 25.7 Å². The van der Waals surface area contributed by atoms with E-state index in [1.54, 1.807) is 0 Å². The average molecular weight is 241 g/mol. The van der Waals surface area contributed by atoms with Gasteiger partial charge in [-0.2, -0.15) is 0 Å². The van der Waals surface area contributed by atoms with Crippen LogP contribution in [0.5, 0.6) is 0 Å². The molecule has 1 saturated heterocycles. The lowest BCUT2D eigenvalue weighted by atomic mass is 9.77. The standard InChI is InChI=1S/C14H27NO2/c1-11(2)15-8-6-14(5,7-9-15)10-13(16)17-12(3)4/h11-12H,6-10H2,1-5H3. The first kappa shape index (κ1) is 14.5. The van der Waals surface area contributed by atoms with E-state index in [9.17, 15) is 4.79 Å². The summed E-state index contributed by atoms with van der Waals surface area (Å²) < 4.78 is 5.24. The third kappa shape index (κ3) is 4.66. The molecule has 0 aromatic heterocycles. The highest BCUT2D eigenvalue weighted by Crippen LogP contribution is 2.35. The van der Waals surface area contributed by atoms with E-state index in [1.807, 2.05) is 13.8 Å². The lowest BCUT2D eigenvalue weighted by molar-refractivity contribution is -0.150. The molecule has 1 heterocycles. The van der Waals surface area contributed by atoms with Crippen molar-refractivity contribution < 1.29 is 9.53 Å². The van der Waals surface area contributed by atoms with Crippen LogP contribution in [-0.4, -0.2) is 36.1 Å². The van der Waals surface area contributed by atoms with Gasteiger partial charge in [0.05, 0.1) is 12.5 Å². The maximum atomic E-state index is 11.7. The smallest absolute Gasteiger partial charge is 0.306 e. The van der Waals surface area contributed by atoms with E-state index in [0.29, 0.717) is 12.5 Å². The number of esters is 1. The normalized spacial score (nSPS) is 20.9. The first-order valence-electron chi connectivity index (χ1n) is 6.76. The lowest BCUT2D eigenvalue weighted by Crippen LogP contribution is -2.43. The Balaban J connectivity index is 2.41. The number of hydrogen-bond acceptors (Lipinski definition) is 3. The maximum Gasteiger partial charge on any atom is 0.306 e. The van der Waals surface area contributed by atoms with Crippen LogP contribution in [0.2, 0.25) is 0 Å². The van der Waals surface area contributed by atoms with Crippen LogP contribution in [0.1, 0.15) is 53.9 Å². The van der Waals surface area contributed by atoms with Crippen molar-refractivity contribution in [2.45, 2.75) is 66.0 Å². The van der Waals surface area contributed by atoms with Gasteiger partial charge in [-0.25, -0.2) is 0 Å². The minimum atomic E-state index is -0.0412. The zero-order valence-corrected chi connectivity index (χ0v) is 12.0. The predicted molar refractivity (Wildman–Crippen MR) is 69.9 cm³/mol. The molecule has 1 fully saturated rings. The highest BCUT2D eigenvalue weighted by molar-refractivity contribution is 5.70. The second kappa shape index (κ2) is 5.85. The van der Waals surface area contributed by atoms with Crippen molar-refractivity contribution in [1.29, 1.82) is 0 Å². The molecule has 1 aliphatic heterocycles. The van der Waals surface area contributed by atoms with E-state index in [-0.39, 0.29) is 17.5 Å². The number of ether oxygens (including phenoxy) is 1. The van der Waals surface area contributed by atoms with Crippen LogP contribution in [0, 0.1) is 5.41 Å². The van der Waals surface area contributed by atoms with Crippen LogP contribution in [0.25, 0.3) is 0 Å². The molecule has 0 radical (unpaired) electrons. The van der Waals surface area contributed by atoms with Crippen LogP contribution in [0.4, 0.5) is 0 Å². The van der Waals surface area contributed by atoms with E-state index >= 15 is 0 Å². The first-order valence-corrected chi connectivity index (χ1v) is 6.76. The first-order chi connectivity index (χ1) is 7.82. The van der Waals surface area contributed by atoms with Gasteiger partial charge in [0.25, 0.3) is 0 Å². The molecule has 0 spiro atoms. The monoisotopic (exact) mass is 241 g/mol. The van der Waals surface area contributed by atoms with Gasteiger partial charge in [0.2, 0.25) is 0 Å². The van der Waals surface area contributed by atoms with Gasteiger partial charge >= 0.3 is 5.97 Å². The summed E-state index contributed by atoms with van der Waals surface area (Å²) in [7, 11) is 0. The van der Waals surface area contributed by atoms with Crippen molar-refractivity contribution in [3.05, 3.63) is 0 Å². The predicted octanol–water partition coefficient (Wildman–Crippen LogP) is 2.84. The van der Waals surface area contributed by atoms with Crippen LogP contribution in [-0.2, 0) is 9.53 Å². The molecule has 3 heteroatoms. The Kier molecular flexibility index (Phi) is 4.99. The van der Waals surface area contributed by atoms with Crippen molar-refractivity contribution in [2.75, 3.05) is 13.1 Å². The van der Waals surface area contributed by atoms with Gasteiger partial charge in [-0.3, -0.25) is 4.79 Å². The Labute approximate surface area is 106 Å². The Morgan fingerprint density at radius 3 is 2.18 bits per heavy atom. The molecule has 0 atom stereocenters. The van der Waals surface area contributed by atoms with Crippen LogP contribution < -0.4 is 0 Å². The van der Waals surface area contributed by atoms with Gasteiger partial charge < -0.3 is 9.64 Å². The summed E-state index contributed by atoms with van der Waals surface area (Å²) in [5.74, 6) is -0.0412. The van der Waals surface area contributed by atoms with Crippen molar-refractivity contribution in [2.24, 2.45) is 5.41 Å². The molecule has 0 bridgehead atoms. The fraction of sp³-hybridized carbons (Fsp3) is 0.929. The van der Waals surface area contributed by atoms with E-state index < -0.39 is 0 Å². The molecule has 1 rings (SSSR count). The molecule has 0 aromatic carbocycles. The Morgan fingerprint density at radius 2 is 1.76 bits per heavy atom. The lowest BCUT2D eigenvalue weighted by Gasteiger charge is -2.40. The van der Waals surface area contributed by atoms with Gasteiger partial charge in [0, 0.05) is 6.04 Å². The fourth-order valence-corrected chi connectivity index (χ4v) is 2.41. The molecule has 0 amide bonds. The van der Waals surface area contributed by atoms with Crippen molar-refractivity contribution >= 4 is 5.97 Å². The molecule has 0 N–H and O–H groups in total. The van der Waals surface area contributed by atoms with Crippen molar-refractivity contribution in [3.8, 4) is 0 Å². The summed E-state index contributed by atoms with van der Waals surface area (Å²) in [5, 5.41) is 0. The Bertz CT molecular complexity index is 253. The van der Waals surface area contributed by atoms with Crippen LogP contribution in [0.3, 0.4) is 0 Å². The molecule has 0 aromatic rings. The van der Waals surface area contributed by atoms with Gasteiger partial charge in [-0.05, 0) is 59.0 Å². The number of piperidine rings is 1. The van der Waals surface area contributed by atoms with Gasteiger partial charge in [0.1, 0.15) is 0 Å². The molecular weight excluding hydrogens is 214 g/mol. The van der Waals surface area contributed by atoms with Gasteiger partial charge in [0.15, 0.2) is 0 Å². The minimum Gasteiger partial charge on any atom is -0.463 e. The molecule has 100 valence electrons. The minimum absolute atomic E-state index is 0.00172. The molecule has 0 aliphatic carbocycles. The zero-order chi connectivity index (χ0) is 13.1. The van der Waals surface area contributed by atoms with Crippen LogP contribution in [0.15, 0.2) is 0 Å². The van der Waals surface area contributed by atoms with Gasteiger partial charge in [-0.15, -0.1) is 0 Å². The highest BCUT2D eigenvalue weighted by Gasteiger charge is 2.33. The number of carbonyl (C=O) groups excluding carboxylic acids is 1. The number of hydrogen-bond donors (Lipinski definition) is 0. The topological polar surface area (TPSA) is 29.5 Å². The Hall–Kier alpha value is -0.570. The summed E-state index contributed by atoms with van der Waals surface area (Å²) in [6.07, 6.45) is 2.76. The maximum absolute atomic E-state index is 11.7. The second-order valence-corrected chi connectivity index (χ2v) is 6.16. The number of likely N-dealkylation sites (tertiary alicyclic amines) is 1. The molecule has 17 heavy (non-hydrogen) atoms. The van der Waals surface area contributed by atoms with E-state index in [0.717, 1.165) is 25.9 Å². The summed E-state index contributed by atoms with van der Waals surface area (Å²) in [6.45, 7) is 12.7. The zero-order valence-electron chi connectivity index (χ0n) is 12.0. The van der Waals surface area contributed by atoms with E-state index in [1.165, 1.54) is 0 Å². The quantitative estimate of drug-likeness (QED) is 0.709. The van der Waals surface area contributed by atoms with Crippen molar-refractivity contribution in [3.63, 3.8) is 0 Å². The van der Waals surface area contributed by atoms with Crippen LogP contribution >= 0.6 is 0 Å². The van der Waals surface area contributed by atoms with Gasteiger partial charge in [-0.1, -0.05) is 6.92 Å². The van der Waals surface area contributed by atoms with Crippen molar-refractivity contribution in [1.82, 2.24) is 4.90 Å². The third-order valence-corrected chi connectivity index (χ3v) is 3.67. The number of nitrogens with zero attached hydrogens (tertiary/aromatic N) is 1. The molecule has 0 unspecified atom stereocenters. The SMILES string of the molecule is CC(C)OC(=O)CC1(C)CCN(C(C)C)CC1. The summed E-state index contributed by atoms with van der Waals surface area (Å²) in [4.78, 5) is 14.2. The van der Waals surface area contributed by atoms with E-state index in [4.69, 9.17) is 4.74 Å². The number of rotatable bonds is 4. The molecule has 3 nitrogen and oxygen atoms in total. The average Bonchev–Trinajstić information content (AvgIpc) is 2.15. The molecule has 0 saturated carbocycles.